The van der Waals surface area contributed by atoms with Gasteiger partial charge in [-0.3, -0.25) is 9.89 Å². The lowest BCUT2D eigenvalue weighted by Gasteiger charge is -2.36. The van der Waals surface area contributed by atoms with Crippen LogP contribution in [-0.4, -0.2) is 67.7 Å². The molecule has 0 bridgehead atoms. The van der Waals surface area contributed by atoms with E-state index < -0.39 is 0 Å². The summed E-state index contributed by atoms with van der Waals surface area (Å²) < 4.78 is 6.09. The van der Waals surface area contributed by atoms with Gasteiger partial charge in [0.2, 0.25) is 0 Å². The smallest absolute Gasteiger partial charge is 0.193 e. The molecule has 0 amide bonds. The molecule has 0 aromatic heterocycles. The number of nitrogens with one attached hydrogen (secondary N) is 1. The molecule has 5 nitrogen and oxygen atoms in total. The summed E-state index contributed by atoms with van der Waals surface area (Å²) >= 11 is 0. The van der Waals surface area contributed by atoms with Gasteiger partial charge in [0.15, 0.2) is 5.96 Å². The Morgan fingerprint density at radius 3 is 2.74 bits per heavy atom. The zero-order chi connectivity index (χ0) is 18.4. The number of morpholine rings is 1. The van der Waals surface area contributed by atoms with Gasteiger partial charge in [-0.2, -0.15) is 0 Å². The Labute approximate surface area is 181 Å². The molecule has 152 valence electrons. The van der Waals surface area contributed by atoms with Gasteiger partial charge in [0.25, 0.3) is 0 Å². The molecule has 0 spiro atoms. The molecule has 3 rings (SSSR count). The van der Waals surface area contributed by atoms with E-state index in [4.69, 9.17) is 4.74 Å². The molecule has 1 aromatic carbocycles. The van der Waals surface area contributed by atoms with Gasteiger partial charge in [-0.15, -0.1) is 24.0 Å². The lowest BCUT2D eigenvalue weighted by molar-refractivity contribution is -0.0502. The van der Waals surface area contributed by atoms with Crippen LogP contribution in [0.25, 0.3) is 0 Å². The monoisotopic (exact) mass is 486 g/mol. The van der Waals surface area contributed by atoms with Crippen molar-refractivity contribution in [2.45, 2.75) is 45.4 Å². The first-order valence-corrected chi connectivity index (χ1v) is 10.0. The summed E-state index contributed by atoms with van der Waals surface area (Å²) in [5.41, 5.74) is 1.38. The Morgan fingerprint density at radius 1 is 1.26 bits per heavy atom. The van der Waals surface area contributed by atoms with E-state index in [-0.39, 0.29) is 30.1 Å². The van der Waals surface area contributed by atoms with E-state index in [1.165, 1.54) is 18.4 Å². The van der Waals surface area contributed by atoms with Gasteiger partial charge in [-0.05, 0) is 24.3 Å². The topological polar surface area (TPSA) is 40.1 Å². The number of fused-ring (bicyclic) bond motifs is 1. The summed E-state index contributed by atoms with van der Waals surface area (Å²) in [5.74, 6) is 1.78. The molecule has 2 aliphatic heterocycles. The fourth-order valence-electron chi connectivity index (χ4n) is 3.99. The van der Waals surface area contributed by atoms with Crippen molar-refractivity contribution in [3.63, 3.8) is 0 Å². The Hall–Kier alpha value is -0.860. The fraction of sp³-hybridized carbons (Fsp3) is 0.667. The molecule has 2 atom stereocenters. The molecule has 0 aliphatic carbocycles. The van der Waals surface area contributed by atoms with Crippen molar-refractivity contribution in [2.75, 3.05) is 39.8 Å². The number of rotatable bonds is 6. The molecule has 2 unspecified atom stereocenters. The van der Waals surface area contributed by atoms with Crippen LogP contribution >= 0.6 is 24.0 Å². The quantitative estimate of drug-likeness (QED) is 0.290. The van der Waals surface area contributed by atoms with Crippen molar-refractivity contribution in [3.8, 4) is 0 Å². The Kier molecular flexibility index (Phi) is 9.32. The third-order valence-electron chi connectivity index (χ3n) is 5.40. The molecule has 2 saturated heterocycles. The number of aliphatic imine (C=N–C) groups is 1. The van der Waals surface area contributed by atoms with Crippen molar-refractivity contribution >= 4 is 29.9 Å². The molecular formula is C21H35IN4O. The molecule has 2 fully saturated rings. The van der Waals surface area contributed by atoms with Crippen LogP contribution in [0.2, 0.25) is 0 Å². The summed E-state index contributed by atoms with van der Waals surface area (Å²) in [7, 11) is 1.88. The molecule has 27 heavy (non-hydrogen) atoms. The van der Waals surface area contributed by atoms with Crippen molar-refractivity contribution < 1.29 is 4.74 Å². The molecule has 6 heteroatoms. The minimum Gasteiger partial charge on any atom is -0.373 e. The first-order valence-electron chi connectivity index (χ1n) is 10.0. The lowest BCUT2D eigenvalue weighted by Crippen LogP contribution is -2.50. The van der Waals surface area contributed by atoms with E-state index in [9.17, 15) is 0 Å². The van der Waals surface area contributed by atoms with Crippen LogP contribution < -0.4 is 5.32 Å². The number of nitrogens with zero attached hydrogens (tertiary/aromatic N) is 3. The summed E-state index contributed by atoms with van der Waals surface area (Å²) in [6, 6.07) is 11.2. The highest BCUT2D eigenvalue weighted by molar-refractivity contribution is 14.0. The third-order valence-corrected chi connectivity index (χ3v) is 5.40. The van der Waals surface area contributed by atoms with Gasteiger partial charge in [0.05, 0.1) is 18.8 Å². The maximum absolute atomic E-state index is 6.09. The van der Waals surface area contributed by atoms with Crippen LogP contribution in [0.4, 0.5) is 0 Å². The predicted octanol–water partition coefficient (Wildman–Crippen LogP) is 3.20. The van der Waals surface area contributed by atoms with Gasteiger partial charge in [0.1, 0.15) is 0 Å². The number of halogens is 1. The highest BCUT2D eigenvalue weighted by Crippen LogP contribution is 2.24. The van der Waals surface area contributed by atoms with Gasteiger partial charge in [-0.1, -0.05) is 44.2 Å². The first-order chi connectivity index (χ1) is 12.7. The summed E-state index contributed by atoms with van der Waals surface area (Å²) in [5, 5.41) is 3.54. The van der Waals surface area contributed by atoms with Crippen molar-refractivity contribution in [2.24, 2.45) is 10.9 Å². The summed E-state index contributed by atoms with van der Waals surface area (Å²) in [4.78, 5) is 9.46. The molecule has 1 aromatic rings. The number of hydrogen-bond donors (Lipinski definition) is 1. The van der Waals surface area contributed by atoms with E-state index in [2.05, 4.69) is 64.3 Å². The first kappa shape index (κ1) is 22.4. The van der Waals surface area contributed by atoms with Gasteiger partial charge in [-0.25, -0.2) is 0 Å². The standard InChI is InChI=1S/C21H34N4O.HI/c1-17(2)8-7-11-23-21(22-3)25-15-19-20(16-25)26-13-12-24(19)14-18-9-5-4-6-10-18;/h4-6,9-10,17,19-20H,7-8,11-16H2,1-3H3,(H,22,23);1H. The van der Waals surface area contributed by atoms with Gasteiger partial charge < -0.3 is 15.0 Å². The average molecular weight is 486 g/mol. The lowest BCUT2D eigenvalue weighted by atomic mass is 10.1. The Balaban J connectivity index is 0.00000261. The van der Waals surface area contributed by atoms with Crippen molar-refractivity contribution in [1.29, 1.82) is 0 Å². The SMILES string of the molecule is CN=C(NCCCC(C)C)N1CC2OCCN(Cc3ccccc3)C2C1.I. The number of benzene rings is 1. The zero-order valence-electron chi connectivity index (χ0n) is 16.9. The average Bonchev–Trinajstić information content (AvgIpc) is 3.07. The molecule has 2 aliphatic rings. The van der Waals surface area contributed by atoms with Gasteiger partial charge in [0, 0.05) is 39.8 Å². The molecule has 0 saturated carbocycles. The predicted molar refractivity (Wildman–Crippen MR) is 123 cm³/mol. The van der Waals surface area contributed by atoms with E-state index in [1.807, 2.05) is 7.05 Å². The maximum Gasteiger partial charge on any atom is 0.193 e. The second-order valence-corrected chi connectivity index (χ2v) is 7.85. The molecular weight excluding hydrogens is 451 g/mol. The van der Waals surface area contributed by atoms with Crippen molar-refractivity contribution in [1.82, 2.24) is 15.1 Å². The highest BCUT2D eigenvalue weighted by Gasteiger charge is 2.41. The van der Waals surface area contributed by atoms with E-state index in [1.54, 1.807) is 0 Å². The maximum atomic E-state index is 6.09. The Morgan fingerprint density at radius 2 is 2.04 bits per heavy atom. The number of guanidine groups is 1. The second kappa shape index (κ2) is 11.2. The number of ether oxygens (including phenoxy) is 1. The minimum absolute atomic E-state index is 0. The van der Waals surface area contributed by atoms with E-state index in [0.717, 1.165) is 51.2 Å². The summed E-state index contributed by atoms with van der Waals surface area (Å²) in [6.07, 6.45) is 2.72. The number of likely N-dealkylation sites (tertiary alicyclic amines) is 1. The Bertz CT molecular complexity index is 581. The minimum atomic E-state index is 0. The van der Waals surface area contributed by atoms with Crippen LogP contribution in [0.1, 0.15) is 32.3 Å². The largest absolute Gasteiger partial charge is 0.373 e. The molecule has 2 heterocycles. The number of hydrogen-bond acceptors (Lipinski definition) is 3. The van der Waals surface area contributed by atoms with Crippen LogP contribution in [0, 0.1) is 5.92 Å². The fourth-order valence-corrected chi connectivity index (χ4v) is 3.99. The summed E-state index contributed by atoms with van der Waals surface area (Å²) in [6.45, 7) is 10.3. The molecule has 0 radical (unpaired) electrons. The van der Waals surface area contributed by atoms with Crippen LogP contribution in [0.3, 0.4) is 0 Å². The van der Waals surface area contributed by atoms with Crippen LogP contribution in [0.5, 0.6) is 0 Å². The van der Waals surface area contributed by atoms with Crippen molar-refractivity contribution in [3.05, 3.63) is 35.9 Å². The van der Waals surface area contributed by atoms with Crippen LogP contribution in [0.15, 0.2) is 35.3 Å². The second-order valence-electron chi connectivity index (χ2n) is 7.85. The van der Waals surface area contributed by atoms with Gasteiger partial charge >= 0.3 is 0 Å². The zero-order valence-corrected chi connectivity index (χ0v) is 19.3. The normalized spacial score (nSPS) is 23.3. The van der Waals surface area contributed by atoms with Crippen LogP contribution in [-0.2, 0) is 11.3 Å². The third kappa shape index (κ3) is 6.32. The van der Waals surface area contributed by atoms with E-state index in [0.29, 0.717) is 6.04 Å². The molecule has 1 N–H and O–H groups in total. The van der Waals surface area contributed by atoms with E-state index >= 15 is 0 Å². The highest BCUT2D eigenvalue weighted by atomic mass is 127.